The SMILES string of the molecule is CC.CC1(C)CNC(=O)O1.CC1=CCCC=C1. The Balaban J connectivity index is 0.000000265. The Labute approximate surface area is 105 Å². The third-order valence-electron chi connectivity index (χ3n) is 2.21. The van der Waals surface area contributed by atoms with E-state index in [0.717, 1.165) is 0 Å². The van der Waals surface area contributed by atoms with Crippen molar-refractivity contribution in [2.24, 2.45) is 0 Å². The predicted octanol–water partition coefficient (Wildman–Crippen LogP) is 3.81. The van der Waals surface area contributed by atoms with E-state index in [1.165, 1.54) is 18.4 Å². The maximum atomic E-state index is 10.3. The van der Waals surface area contributed by atoms with Crippen LogP contribution in [0.1, 0.15) is 47.5 Å². The Bertz CT molecular complexity index is 291. The zero-order valence-corrected chi connectivity index (χ0v) is 11.7. The van der Waals surface area contributed by atoms with Crippen LogP contribution >= 0.6 is 0 Å². The van der Waals surface area contributed by atoms with Crippen LogP contribution in [-0.4, -0.2) is 18.2 Å². The highest BCUT2D eigenvalue weighted by atomic mass is 16.6. The van der Waals surface area contributed by atoms with Gasteiger partial charge in [-0.2, -0.15) is 0 Å². The third kappa shape index (κ3) is 7.61. The quantitative estimate of drug-likeness (QED) is 0.698. The highest BCUT2D eigenvalue weighted by molar-refractivity contribution is 5.69. The summed E-state index contributed by atoms with van der Waals surface area (Å²) >= 11 is 0. The molecule has 1 saturated heterocycles. The van der Waals surface area contributed by atoms with Crippen LogP contribution in [0.5, 0.6) is 0 Å². The van der Waals surface area contributed by atoms with E-state index in [9.17, 15) is 4.79 Å². The third-order valence-corrected chi connectivity index (χ3v) is 2.21. The summed E-state index contributed by atoms with van der Waals surface area (Å²) in [5.41, 5.74) is 1.11. The van der Waals surface area contributed by atoms with E-state index < -0.39 is 0 Å². The lowest BCUT2D eigenvalue weighted by molar-refractivity contribution is 0.0869. The van der Waals surface area contributed by atoms with Gasteiger partial charge >= 0.3 is 6.09 Å². The highest BCUT2D eigenvalue weighted by Crippen LogP contribution is 2.12. The normalized spacial score (nSPS) is 19.8. The van der Waals surface area contributed by atoms with Crippen molar-refractivity contribution in [2.75, 3.05) is 6.54 Å². The molecule has 2 rings (SSSR count). The van der Waals surface area contributed by atoms with E-state index in [4.69, 9.17) is 4.74 Å². The average molecular weight is 239 g/mol. The number of allylic oxidation sites excluding steroid dienone is 4. The molecule has 0 aromatic heterocycles. The molecule has 1 N–H and O–H groups in total. The van der Waals surface area contributed by atoms with E-state index in [2.05, 4.69) is 30.5 Å². The molecule has 0 saturated carbocycles. The summed E-state index contributed by atoms with van der Waals surface area (Å²) in [4.78, 5) is 10.3. The number of carbonyl (C=O) groups is 1. The number of cyclic esters (lactones) is 1. The maximum Gasteiger partial charge on any atom is 0.407 e. The van der Waals surface area contributed by atoms with E-state index in [1.807, 2.05) is 27.7 Å². The second-order valence-corrected chi connectivity index (χ2v) is 4.43. The standard InChI is InChI=1S/C7H10.C5H9NO2.C2H6/c1-7-5-3-2-4-6-7;1-5(2)3-6-4(7)8-5;1-2/h3,5-6H,2,4H2,1H3;3H2,1-2H3,(H,6,7);1-2H3. The lowest BCUT2D eigenvalue weighted by atomic mass is 10.1. The Hall–Kier alpha value is -1.25. The topological polar surface area (TPSA) is 38.3 Å². The second-order valence-electron chi connectivity index (χ2n) is 4.43. The molecule has 3 heteroatoms. The van der Waals surface area contributed by atoms with Crippen molar-refractivity contribution in [2.45, 2.75) is 53.1 Å². The van der Waals surface area contributed by atoms with Crippen molar-refractivity contribution >= 4 is 6.09 Å². The van der Waals surface area contributed by atoms with Crippen LogP contribution < -0.4 is 5.32 Å². The molecule has 0 aromatic rings. The highest BCUT2D eigenvalue weighted by Gasteiger charge is 2.29. The minimum atomic E-state index is -0.310. The van der Waals surface area contributed by atoms with Gasteiger partial charge < -0.3 is 10.1 Å². The van der Waals surface area contributed by atoms with E-state index >= 15 is 0 Å². The summed E-state index contributed by atoms with van der Waals surface area (Å²) in [6.07, 6.45) is 8.81. The minimum absolute atomic E-state index is 0.295. The van der Waals surface area contributed by atoms with Crippen LogP contribution in [0.15, 0.2) is 23.8 Å². The number of hydrogen-bond donors (Lipinski definition) is 1. The number of amides is 1. The Morgan fingerprint density at radius 1 is 1.29 bits per heavy atom. The minimum Gasteiger partial charge on any atom is -0.442 e. The fraction of sp³-hybridized carbons (Fsp3) is 0.643. The van der Waals surface area contributed by atoms with Crippen molar-refractivity contribution < 1.29 is 9.53 Å². The van der Waals surface area contributed by atoms with Gasteiger partial charge in [0.25, 0.3) is 0 Å². The largest absolute Gasteiger partial charge is 0.442 e. The smallest absolute Gasteiger partial charge is 0.407 e. The molecule has 0 unspecified atom stereocenters. The van der Waals surface area contributed by atoms with Gasteiger partial charge in [0.15, 0.2) is 0 Å². The zero-order chi connectivity index (χ0) is 13.3. The van der Waals surface area contributed by atoms with E-state index in [-0.39, 0.29) is 11.7 Å². The zero-order valence-electron chi connectivity index (χ0n) is 11.7. The maximum absolute atomic E-state index is 10.3. The molecule has 0 spiro atoms. The van der Waals surface area contributed by atoms with Gasteiger partial charge in [0, 0.05) is 0 Å². The molecule has 17 heavy (non-hydrogen) atoms. The number of rotatable bonds is 0. The van der Waals surface area contributed by atoms with Gasteiger partial charge in [-0.05, 0) is 33.6 Å². The Morgan fingerprint density at radius 2 is 1.94 bits per heavy atom. The number of carbonyl (C=O) groups excluding carboxylic acids is 1. The molecule has 98 valence electrons. The van der Waals surface area contributed by atoms with Crippen LogP contribution in [0.2, 0.25) is 0 Å². The molecule has 0 aromatic carbocycles. The lowest BCUT2D eigenvalue weighted by Gasteiger charge is -2.11. The first-order valence-electron chi connectivity index (χ1n) is 6.30. The molecule has 1 amide bonds. The molecular formula is C14H25NO2. The Morgan fingerprint density at radius 3 is 2.12 bits per heavy atom. The molecule has 0 atom stereocenters. The summed E-state index contributed by atoms with van der Waals surface area (Å²) in [6, 6.07) is 0. The Kier molecular flexibility index (Phi) is 7.35. The van der Waals surface area contributed by atoms with Crippen LogP contribution in [0.4, 0.5) is 4.79 Å². The number of ether oxygens (including phenoxy) is 1. The summed E-state index contributed by atoms with van der Waals surface area (Å²) in [7, 11) is 0. The summed E-state index contributed by atoms with van der Waals surface area (Å²) in [6.45, 7) is 10.5. The predicted molar refractivity (Wildman–Crippen MR) is 72.0 cm³/mol. The molecule has 2 aliphatic rings. The summed E-state index contributed by atoms with van der Waals surface area (Å²) in [5.74, 6) is 0. The van der Waals surface area contributed by atoms with Crippen LogP contribution in [0.3, 0.4) is 0 Å². The van der Waals surface area contributed by atoms with E-state index in [0.29, 0.717) is 6.54 Å². The number of hydrogen-bond acceptors (Lipinski definition) is 2. The van der Waals surface area contributed by atoms with Gasteiger partial charge in [-0.1, -0.05) is 37.6 Å². The molecule has 0 bridgehead atoms. The number of nitrogens with one attached hydrogen (secondary N) is 1. The van der Waals surface area contributed by atoms with Gasteiger partial charge in [-0.15, -0.1) is 0 Å². The first-order chi connectivity index (χ1) is 7.99. The van der Waals surface area contributed by atoms with E-state index in [1.54, 1.807) is 0 Å². The van der Waals surface area contributed by atoms with Crippen LogP contribution in [0, 0.1) is 0 Å². The van der Waals surface area contributed by atoms with Gasteiger partial charge in [0.05, 0.1) is 6.54 Å². The summed E-state index contributed by atoms with van der Waals surface area (Å²) < 4.78 is 4.80. The second kappa shape index (κ2) is 7.93. The molecule has 3 nitrogen and oxygen atoms in total. The van der Waals surface area contributed by atoms with Crippen molar-refractivity contribution in [3.63, 3.8) is 0 Å². The number of alkyl carbamates (subject to hydrolysis) is 1. The van der Waals surface area contributed by atoms with Crippen molar-refractivity contribution in [3.05, 3.63) is 23.8 Å². The van der Waals surface area contributed by atoms with Crippen molar-refractivity contribution in [3.8, 4) is 0 Å². The lowest BCUT2D eigenvalue weighted by Crippen LogP contribution is -2.23. The molecule has 0 radical (unpaired) electrons. The molecule has 1 heterocycles. The molecular weight excluding hydrogens is 214 g/mol. The first kappa shape index (κ1) is 15.8. The van der Waals surface area contributed by atoms with Crippen molar-refractivity contribution in [1.82, 2.24) is 5.32 Å². The van der Waals surface area contributed by atoms with Gasteiger partial charge in [0.2, 0.25) is 0 Å². The van der Waals surface area contributed by atoms with Crippen LogP contribution in [-0.2, 0) is 4.74 Å². The monoisotopic (exact) mass is 239 g/mol. The fourth-order valence-electron chi connectivity index (χ4n) is 1.35. The molecule has 1 aliphatic heterocycles. The van der Waals surface area contributed by atoms with Gasteiger partial charge in [0.1, 0.15) is 5.60 Å². The van der Waals surface area contributed by atoms with Crippen LogP contribution in [0.25, 0.3) is 0 Å². The fourth-order valence-corrected chi connectivity index (χ4v) is 1.35. The van der Waals surface area contributed by atoms with Gasteiger partial charge in [-0.25, -0.2) is 4.79 Å². The average Bonchev–Trinajstić information content (AvgIpc) is 2.61. The van der Waals surface area contributed by atoms with Crippen molar-refractivity contribution in [1.29, 1.82) is 0 Å². The summed E-state index contributed by atoms with van der Waals surface area (Å²) in [5, 5.41) is 2.55. The van der Waals surface area contributed by atoms with Gasteiger partial charge in [-0.3, -0.25) is 0 Å². The first-order valence-corrected chi connectivity index (χ1v) is 6.30. The molecule has 1 aliphatic carbocycles. The molecule has 1 fully saturated rings.